The van der Waals surface area contributed by atoms with Crippen molar-refractivity contribution in [1.82, 2.24) is 10.2 Å². The number of hydrogen-bond donors (Lipinski definition) is 1. The van der Waals surface area contributed by atoms with Crippen LogP contribution in [-0.4, -0.2) is 43.8 Å². The fourth-order valence-electron chi connectivity index (χ4n) is 6.05. The molecular weight excluding hydrogens is 618 g/mol. The van der Waals surface area contributed by atoms with Crippen molar-refractivity contribution in [2.75, 3.05) is 10.8 Å². The molecule has 0 aromatic heterocycles. The van der Waals surface area contributed by atoms with Gasteiger partial charge in [0, 0.05) is 24.0 Å². The van der Waals surface area contributed by atoms with Crippen molar-refractivity contribution in [3.8, 4) is 0 Å². The maximum Gasteiger partial charge on any atom is 0.264 e. The van der Waals surface area contributed by atoms with Crippen molar-refractivity contribution in [1.29, 1.82) is 0 Å². The highest BCUT2D eigenvalue weighted by atomic mass is 35.5. The minimum absolute atomic E-state index is 0.0449. The lowest BCUT2D eigenvalue weighted by molar-refractivity contribution is -0.140. The molecule has 0 bridgehead atoms. The van der Waals surface area contributed by atoms with E-state index in [1.165, 1.54) is 17.0 Å². The second kappa shape index (κ2) is 15.0. The van der Waals surface area contributed by atoms with E-state index >= 15 is 0 Å². The zero-order valence-corrected chi connectivity index (χ0v) is 27.8. The molecule has 9 heteroatoms. The monoisotopic (exact) mass is 657 g/mol. The quantitative estimate of drug-likeness (QED) is 0.181. The Morgan fingerprint density at radius 2 is 1.41 bits per heavy atom. The first kappa shape index (κ1) is 33.2. The average Bonchev–Trinajstić information content (AvgIpc) is 3.55. The standard InChI is InChI=1S/C37H40ClN3O4S/c1-27-21-28(2)23-33(22-27)41(46(44,45)34-15-7-4-8-16-34)26-36(42)40(25-30-17-19-31(38)20-18-30)35(24-29-11-5-3-6-12-29)37(43)39-32-13-9-10-14-32/h3-8,11-12,15-23,32,35H,9-10,13-14,24-26H2,1-2H3,(H,39,43)/t35-/m0/s1. The number of benzene rings is 4. The van der Waals surface area contributed by atoms with Crippen LogP contribution in [-0.2, 0) is 32.6 Å². The van der Waals surface area contributed by atoms with Crippen molar-refractivity contribution in [2.45, 2.75) is 69.5 Å². The molecule has 46 heavy (non-hydrogen) atoms. The van der Waals surface area contributed by atoms with E-state index in [1.807, 2.05) is 62.4 Å². The largest absolute Gasteiger partial charge is 0.352 e. The summed E-state index contributed by atoms with van der Waals surface area (Å²) in [5.74, 6) is -0.738. The van der Waals surface area contributed by atoms with Gasteiger partial charge in [-0.3, -0.25) is 13.9 Å². The van der Waals surface area contributed by atoms with Crippen LogP contribution in [0.2, 0.25) is 5.02 Å². The Morgan fingerprint density at radius 3 is 2.02 bits per heavy atom. The molecule has 0 aliphatic heterocycles. The first-order chi connectivity index (χ1) is 22.1. The van der Waals surface area contributed by atoms with Crippen LogP contribution < -0.4 is 9.62 Å². The van der Waals surface area contributed by atoms with Crippen LogP contribution in [0.25, 0.3) is 0 Å². The van der Waals surface area contributed by atoms with E-state index in [9.17, 15) is 18.0 Å². The van der Waals surface area contributed by atoms with Gasteiger partial charge in [-0.1, -0.05) is 91.2 Å². The molecule has 240 valence electrons. The Morgan fingerprint density at radius 1 is 0.826 bits per heavy atom. The third-order valence-electron chi connectivity index (χ3n) is 8.34. The van der Waals surface area contributed by atoms with Gasteiger partial charge in [0.05, 0.1) is 10.6 Å². The van der Waals surface area contributed by atoms with Gasteiger partial charge < -0.3 is 10.2 Å². The normalized spacial score (nSPS) is 14.1. The summed E-state index contributed by atoms with van der Waals surface area (Å²) in [6, 6.07) is 29.4. The molecule has 1 saturated carbocycles. The number of hydrogen-bond acceptors (Lipinski definition) is 4. The van der Waals surface area contributed by atoms with Crippen LogP contribution in [0.3, 0.4) is 0 Å². The topological polar surface area (TPSA) is 86.8 Å². The molecule has 4 aromatic carbocycles. The number of carbonyl (C=O) groups excluding carboxylic acids is 2. The molecule has 1 N–H and O–H groups in total. The first-order valence-corrected chi connectivity index (χ1v) is 17.5. The highest BCUT2D eigenvalue weighted by Crippen LogP contribution is 2.27. The number of amides is 2. The van der Waals surface area contributed by atoms with Crippen LogP contribution in [0.15, 0.2) is 108 Å². The van der Waals surface area contributed by atoms with Gasteiger partial charge in [-0.25, -0.2) is 8.42 Å². The lowest BCUT2D eigenvalue weighted by Crippen LogP contribution is -2.54. The summed E-state index contributed by atoms with van der Waals surface area (Å²) in [4.78, 5) is 30.3. The predicted molar refractivity (Wildman–Crippen MR) is 183 cm³/mol. The summed E-state index contributed by atoms with van der Waals surface area (Å²) in [6.45, 7) is 3.39. The van der Waals surface area contributed by atoms with Crippen molar-refractivity contribution in [3.63, 3.8) is 0 Å². The van der Waals surface area contributed by atoms with E-state index in [4.69, 9.17) is 11.6 Å². The third-order valence-corrected chi connectivity index (χ3v) is 10.4. The second-order valence-corrected chi connectivity index (χ2v) is 14.3. The highest BCUT2D eigenvalue weighted by Gasteiger charge is 2.35. The van der Waals surface area contributed by atoms with Crippen LogP contribution in [0.5, 0.6) is 0 Å². The highest BCUT2D eigenvalue weighted by molar-refractivity contribution is 7.92. The Hall–Kier alpha value is -4.14. The summed E-state index contributed by atoms with van der Waals surface area (Å²) in [6.07, 6.45) is 4.15. The summed E-state index contributed by atoms with van der Waals surface area (Å²) in [5.41, 5.74) is 3.79. The number of rotatable bonds is 12. The molecule has 1 atom stereocenters. The zero-order chi connectivity index (χ0) is 32.7. The van der Waals surface area contributed by atoms with Gasteiger partial charge in [-0.05, 0) is 85.3 Å². The molecule has 1 fully saturated rings. The molecule has 1 aliphatic rings. The molecule has 5 rings (SSSR count). The van der Waals surface area contributed by atoms with Crippen molar-refractivity contribution < 1.29 is 18.0 Å². The summed E-state index contributed by atoms with van der Waals surface area (Å²) in [5, 5.41) is 3.75. The smallest absolute Gasteiger partial charge is 0.264 e. The second-order valence-electron chi connectivity index (χ2n) is 12.0. The van der Waals surface area contributed by atoms with E-state index in [-0.39, 0.29) is 29.8 Å². The van der Waals surface area contributed by atoms with E-state index in [0.29, 0.717) is 10.7 Å². The molecular formula is C37H40ClN3O4S. The minimum atomic E-state index is -4.15. The van der Waals surface area contributed by atoms with E-state index in [1.54, 1.807) is 42.5 Å². The Labute approximate surface area is 277 Å². The Balaban J connectivity index is 1.57. The van der Waals surface area contributed by atoms with Crippen LogP contribution in [0, 0.1) is 13.8 Å². The van der Waals surface area contributed by atoms with Crippen molar-refractivity contribution in [2.24, 2.45) is 0 Å². The number of nitrogens with zero attached hydrogens (tertiary/aromatic N) is 2. The average molecular weight is 658 g/mol. The molecule has 0 radical (unpaired) electrons. The number of anilines is 1. The van der Waals surface area contributed by atoms with Gasteiger partial charge in [-0.2, -0.15) is 0 Å². The zero-order valence-electron chi connectivity index (χ0n) is 26.2. The van der Waals surface area contributed by atoms with Crippen LogP contribution in [0.1, 0.15) is 47.9 Å². The van der Waals surface area contributed by atoms with Gasteiger partial charge in [-0.15, -0.1) is 0 Å². The van der Waals surface area contributed by atoms with Gasteiger partial charge in [0.1, 0.15) is 12.6 Å². The maximum atomic E-state index is 14.6. The molecule has 0 heterocycles. The molecule has 0 saturated heterocycles. The maximum absolute atomic E-state index is 14.6. The van der Waals surface area contributed by atoms with Crippen molar-refractivity contribution >= 4 is 39.1 Å². The number of nitrogens with one attached hydrogen (secondary N) is 1. The molecule has 0 spiro atoms. The minimum Gasteiger partial charge on any atom is -0.352 e. The summed E-state index contributed by atoms with van der Waals surface area (Å²) in [7, 11) is -4.15. The lowest BCUT2D eigenvalue weighted by atomic mass is 10.0. The van der Waals surface area contributed by atoms with Crippen LogP contribution in [0.4, 0.5) is 5.69 Å². The number of halogens is 1. The van der Waals surface area contributed by atoms with Gasteiger partial charge >= 0.3 is 0 Å². The molecule has 4 aromatic rings. The van der Waals surface area contributed by atoms with Gasteiger partial charge in [0.15, 0.2) is 0 Å². The first-order valence-electron chi connectivity index (χ1n) is 15.6. The lowest BCUT2D eigenvalue weighted by Gasteiger charge is -2.34. The number of sulfonamides is 1. The summed E-state index contributed by atoms with van der Waals surface area (Å²) >= 11 is 6.18. The number of carbonyl (C=O) groups is 2. The van der Waals surface area contributed by atoms with E-state index in [2.05, 4.69) is 5.32 Å². The van der Waals surface area contributed by atoms with Crippen molar-refractivity contribution in [3.05, 3.63) is 130 Å². The van der Waals surface area contributed by atoms with Gasteiger partial charge in [0.25, 0.3) is 10.0 Å². The third kappa shape index (κ3) is 8.36. The Bertz CT molecular complexity index is 1720. The SMILES string of the molecule is Cc1cc(C)cc(N(CC(=O)N(Cc2ccc(Cl)cc2)[C@@H](Cc2ccccc2)C(=O)NC2CCCC2)S(=O)(=O)c2ccccc2)c1. The van der Waals surface area contributed by atoms with Crippen LogP contribution >= 0.6 is 11.6 Å². The fourth-order valence-corrected chi connectivity index (χ4v) is 7.60. The molecule has 2 amide bonds. The summed E-state index contributed by atoms with van der Waals surface area (Å²) < 4.78 is 29.6. The van der Waals surface area contributed by atoms with E-state index in [0.717, 1.165) is 52.2 Å². The predicted octanol–water partition coefficient (Wildman–Crippen LogP) is 6.85. The molecule has 0 unspecified atom stereocenters. The number of aryl methyl sites for hydroxylation is 2. The Kier molecular flexibility index (Phi) is 10.8. The fraction of sp³-hybridized carbons (Fsp3) is 0.297. The van der Waals surface area contributed by atoms with Gasteiger partial charge in [0.2, 0.25) is 11.8 Å². The molecule has 7 nitrogen and oxygen atoms in total. The van der Waals surface area contributed by atoms with E-state index < -0.39 is 28.5 Å². The molecule has 1 aliphatic carbocycles.